The molecule has 1 aliphatic rings. The van der Waals surface area contributed by atoms with E-state index in [4.69, 9.17) is 4.74 Å². The fraction of sp³-hybridized carbons (Fsp3) is 0.471. The average Bonchev–Trinajstić information content (AvgIpc) is 3.00. The van der Waals surface area contributed by atoms with Gasteiger partial charge in [0.2, 0.25) is 5.91 Å². The van der Waals surface area contributed by atoms with Crippen LogP contribution in [0.1, 0.15) is 32.4 Å². The van der Waals surface area contributed by atoms with E-state index in [0.29, 0.717) is 24.0 Å². The van der Waals surface area contributed by atoms with Gasteiger partial charge in [0, 0.05) is 20.0 Å². The lowest BCUT2D eigenvalue weighted by Crippen LogP contribution is -2.38. The molecule has 1 amide bonds. The van der Waals surface area contributed by atoms with Crippen LogP contribution < -0.4 is 0 Å². The maximum atomic E-state index is 13.5. The molecule has 1 saturated heterocycles. The van der Waals surface area contributed by atoms with Gasteiger partial charge in [0.25, 0.3) is 0 Å². The third-order valence-corrected chi connectivity index (χ3v) is 4.10. The van der Waals surface area contributed by atoms with Crippen molar-refractivity contribution in [1.29, 1.82) is 0 Å². The molecule has 0 aliphatic carbocycles. The average molecular weight is 334 g/mol. The van der Waals surface area contributed by atoms with Crippen LogP contribution in [-0.2, 0) is 9.53 Å². The Morgan fingerprint density at radius 2 is 2.21 bits per heavy atom. The van der Waals surface area contributed by atoms with Crippen molar-refractivity contribution >= 4 is 18.3 Å². The molecule has 1 fully saturated rings. The Morgan fingerprint density at radius 1 is 1.50 bits per heavy atom. The van der Waals surface area contributed by atoms with Gasteiger partial charge in [-0.25, -0.2) is 4.39 Å². The quantitative estimate of drug-likeness (QED) is 0.494. The first kappa shape index (κ1) is 17.9. The third-order valence-electron chi connectivity index (χ3n) is 4.10. The van der Waals surface area contributed by atoms with Crippen molar-refractivity contribution in [3.63, 3.8) is 0 Å². The SMILES string of the molecule is C=N/C(=C\C=C(/C)OCC1CCN(C(C)=O)CC1)c1[nH]ncc1F. The summed E-state index contributed by atoms with van der Waals surface area (Å²) in [6, 6.07) is 0. The molecular formula is C17H23FN4O2. The van der Waals surface area contributed by atoms with Crippen molar-refractivity contribution in [3.8, 4) is 0 Å². The van der Waals surface area contributed by atoms with E-state index >= 15 is 0 Å². The number of aromatic nitrogens is 2. The van der Waals surface area contributed by atoms with Crippen LogP contribution >= 0.6 is 0 Å². The minimum absolute atomic E-state index is 0.131. The molecule has 1 N–H and O–H groups in total. The number of halogens is 1. The van der Waals surface area contributed by atoms with Gasteiger partial charge in [0.1, 0.15) is 5.69 Å². The molecule has 0 spiro atoms. The molecule has 0 bridgehead atoms. The van der Waals surface area contributed by atoms with Gasteiger partial charge >= 0.3 is 0 Å². The number of amides is 1. The summed E-state index contributed by atoms with van der Waals surface area (Å²) in [6.45, 7) is 9.06. The van der Waals surface area contributed by atoms with E-state index in [0.717, 1.165) is 32.1 Å². The number of aromatic amines is 1. The molecule has 1 aliphatic heterocycles. The zero-order valence-corrected chi connectivity index (χ0v) is 14.1. The maximum Gasteiger partial charge on any atom is 0.219 e. The Bertz CT molecular complexity index is 643. The standard InChI is InChI=1S/C17H23FN4O2/c1-12(4-5-16(19-3)17-15(18)10-20-21-17)24-11-14-6-8-22(9-7-14)13(2)23/h4-5,10,14H,3,6-9,11H2,1-2H3,(H,20,21)/b12-4+,16-5-. The number of carbonyl (C=O) groups excluding carboxylic acids is 1. The van der Waals surface area contributed by atoms with Gasteiger partial charge in [-0.3, -0.25) is 14.9 Å². The second-order valence-electron chi connectivity index (χ2n) is 5.84. The zero-order chi connectivity index (χ0) is 17.5. The topological polar surface area (TPSA) is 70.6 Å². The number of ether oxygens (including phenoxy) is 1. The highest BCUT2D eigenvalue weighted by Gasteiger charge is 2.20. The summed E-state index contributed by atoms with van der Waals surface area (Å²) in [5.74, 6) is 0.809. The van der Waals surface area contributed by atoms with Crippen molar-refractivity contribution in [2.24, 2.45) is 10.9 Å². The van der Waals surface area contributed by atoms with Crippen LogP contribution in [0, 0.1) is 11.7 Å². The Labute approximate surface area is 141 Å². The van der Waals surface area contributed by atoms with Crippen molar-refractivity contribution in [3.05, 3.63) is 35.6 Å². The Kier molecular flexibility index (Phi) is 6.28. The molecule has 2 heterocycles. The summed E-state index contributed by atoms with van der Waals surface area (Å²) < 4.78 is 19.2. The molecule has 0 aromatic carbocycles. The molecule has 0 unspecified atom stereocenters. The van der Waals surface area contributed by atoms with E-state index in [9.17, 15) is 9.18 Å². The van der Waals surface area contributed by atoms with Crippen LogP contribution in [0.25, 0.3) is 5.70 Å². The van der Waals surface area contributed by atoms with Gasteiger partial charge in [-0.05, 0) is 44.6 Å². The maximum absolute atomic E-state index is 13.5. The Hall–Kier alpha value is -2.44. The summed E-state index contributed by atoms with van der Waals surface area (Å²) in [7, 11) is 0. The number of hydrogen-bond acceptors (Lipinski definition) is 4. The largest absolute Gasteiger partial charge is 0.498 e. The molecule has 1 aromatic heterocycles. The van der Waals surface area contributed by atoms with E-state index in [2.05, 4.69) is 21.9 Å². The highest BCUT2D eigenvalue weighted by Crippen LogP contribution is 2.19. The number of likely N-dealkylation sites (tertiary alicyclic amines) is 1. The number of carbonyl (C=O) groups is 1. The number of aliphatic imine (C=N–C) groups is 1. The van der Waals surface area contributed by atoms with Crippen LogP contribution in [0.4, 0.5) is 4.39 Å². The van der Waals surface area contributed by atoms with Crippen molar-refractivity contribution in [2.45, 2.75) is 26.7 Å². The summed E-state index contributed by atoms with van der Waals surface area (Å²) in [4.78, 5) is 17.0. The fourth-order valence-electron chi connectivity index (χ4n) is 2.57. The monoisotopic (exact) mass is 334 g/mol. The second-order valence-corrected chi connectivity index (χ2v) is 5.84. The number of nitrogens with zero attached hydrogens (tertiary/aromatic N) is 3. The first-order valence-corrected chi connectivity index (χ1v) is 7.94. The number of rotatable bonds is 6. The predicted molar refractivity (Wildman–Crippen MR) is 90.8 cm³/mol. The van der Waals surface area contributed by atoms with Gasteiger partial charge in [-0.15, -0.1) is 0 Å². The zero-order valence-electron chi connectivity index (χ0n) is 14.1. The molecule has 2 rings (SSSR count). The van der Waals surface area contributed by atoms with E-state index in [1.807, 2.05) is 11.8 Å². The predicted octanol–water partition coefficient (Wildman–Crippen LogP) is 2.77. The number of piperidine rings is 1. The minimum atomic E-state index is -0.474. The summed E-state index contributed by atoms with van der Waals surface area (Å²) >= 11 is 0. The van der Waals surface area contributed by atoms with E-state index in [1.165, 1.54) is 0 Å². The van der Waals surface area contributed by atoms with Crippen LogP contribution in [0.2, 0.25) is 0 Å². The molecule has 130 valence electrons. The first-order valence-electron chi connectivity index (χ1n) is 7.94. The highest BCUT2D eigenvalue weighted by molar-refractivity contribution is 5.73. The minimum Gasteiger partial charge on any atom is -0.498 e. The normalized spacial score (nSPS) is 17.0. The molecule has 0 radical (unpaired) electrons. The van der Waals surface area contributed by atoms with Gasteiger partial charge in [0.05, 0.1) is 24.3 Å². The molecular weight excluding hydrogens is 311 g/mol. The lowest BCUT2D eigenvalue weighted by Gasteiger charge is -2.31. The van der Waals surface area contributed by atoms with E-state index < -0.39 is 5.82 Å². The van der Waals surface area contributed by atoms with Crippen LogP contribution in [-0.4, -0.2) is 47.4 Å². The molecule has 1 aromatic rings. The van der Waals surface area contributed by atoms with Gasteiger partial charge < -0.3 is 9.64 Å². The fourth-order valence-corrected chi connectivity index (χ4v) is 2.57. The number of H-pyrrole nitrogens is 1. The molecule has 0 atom stereocenters. The van der Waals surface area contributed by atoms with E-state index in [1.54, 1.807) is 19.1 Å². The van der Waals surface area contributed by atoms with Crippen molar-refractivity contribution in [1.82, 2.24) is 15.1 Å². The molecule has 0 saturated carbocycles. The summed E-state index contributed by atoms with van der Waals surface area (Å²) in [5.41, 5.74) is 0.563. The van der Waals surface area contributed by atoms with Crippen molar-refractivity contribution in [2.75, 3.05) is 19.7 Å². The molecule has 6 nitrogen and oxygen atoms in total. The second kappa shape index (κ2) is 8.42. The van der Waals surface area contributed by atoms with Crippen LogP contribution in [0.5, 0.6) is 0 Å². The number of allylic oxidation sites excluding steroid dienone is 3. The van der Waals surface area contributed by atoms with Gasteiger partial charge in [-0.2, -0.15) is 5.10 Å². The van der Waals surface area contributed by atoms with Crippen LogP contribution in [0.3, 0.4) is 0 Å². The number of nitrogens with one attached hydrogen (secondary N) is 1. The first-order chi connectivity index (χ1) is 11.5. The Morgan fingerprint density at radius 3 is 2.75 bits per heavy atom. The third kappa shape index (κ3) is 4.78. The van der Waals surface area contributed by atoms with Gasteiger partial charge in [-0.1, -0.05) is 0 Å². The Balaban J connectivity index is 1.86. The van der Waals surface area contributed by atoms with Gasteiger partial charge in [0.15, 0.2) is 5.82 Å². The highest BCUT2D eigenvalue weighted by atomic mass is 19.1. The van der Waals surface area contributed by atoms with Crippen molar-refractivity contribution < 1.29 is 13.9 Å². The van der Waals surface area contributed by atoms with Crippen LogP contribution in [0.15, 0.2) is 29.1 Å². The smallest absolute Gasteiger partial charge is 0.219 e. The lowest BCUT2D eigenvalue weighted by molar-refractivity contribution is -0.130. The molecule has 7 heteroatoms. The lowest BCUT2D eigenvalue weighted by atomic mass is 9.98. The summed E-state index contributed by atoms with van der Waals surface area (Å²) in [5, 5.41) is 6.17. The summed E-state index contributed by atoms with van der Waals surface area (Å²) in [6.07, 6.45) is 6.35. The van der Waals surface area contributed by atoms with E-state index in [-0.39, 0.29) is 11.6 Å². The number of hydrogen-bond donors (Lipinski definition) is 1. The molecule has 24 heavy (non-hydrogen) atoms.